The molecule has 0 saturated carbocycles. The lowest BCUT2D eigenvalue weighted by atomic mass is 9.98. The SMILES string of the molecule is CCC(C)C(NC(=O)c1cc(C(F)(F)F)cc(C(F)(F)F)c1)C(=O)O. The third-order valence-electron chi connectivity index (χ3n) is 3.62. The van der Waals surface area contributed by atoms with Gasteiger partial charge in [0.2, 0.25) is 0 Å². The molecule has 4 nitrogen and oxygen atoms in total. The van der Waals surface area contributed by atoms with Gasteiger partial charge in [-0.1, -0.05) is 20.3 Å². The molecule has 0 heterocycles. The Labute approximate surface area is 138 Å². The summed E-state index contributed by atoms with van der Waals surface area (Å²) in [5, 5.41) is 11.0. The first kappa shape index (κ1) is 20.8. The van der Waals surface area contributed by atoms with Crippen molar-refractivity contribution in [3.63, 3.8) is 0 Å². The van der Waals surface area contributed by atoms with Crippen LogP contribution in [0.5, 0.6) is 0 Å². The van der Waals surface area contributed by atoms with E-state index in [1.165, 1.54) is 6.92 Å². The molecule has 0 aliphatic carbocycles. The zero-order valence-corrected chi connectivity index (χ0v) is 13.1. The van der Waals surface area contributed by atoms with Crippen molar-refractivity contribution in [2.24, 2.45) is 5.92 Å². The number of carboxylic acids is 1. The Morgan fingerprint density at radius 2 is 1.48 bits per heavy atom. The molecule has 1 aromatic carbocycles. The highest BCUT2D eigenvalue weighted by Crippen LogP contribution is 2.36. The molecule has 0 bridgehead atoms. The number of amides is 1. The summed E-state index contributed by atoms with van der Waals surface area (Å²) in [6.45, 7) is 3.10. The summed E-state index contributed by atoms with van der Waals surface area (Å²) in [5.74, 6) is -3.34. The van der Waals surface area contributed by atoms with E-state index in [0.29, 0.717) is 6.42 Å². The van der Waals surface area contributed by atoms with E-state index in [1.807, 2.05) is 5.32 Å². The van der Waals surface area contributed by atoms with Crippen LogP contribution in [-0.2, 0) is 17.1 Å². The number of aliphatic carboxylic acids is 1. The van der Waals surface area contributed by atoms with Gasteiger partial charge in [-0.2, -0.15) is 26.3 Å². The molecule has 0 radical (unpaired) electrons. The number of carbonyl (C=O) groups excluding carboxylic acids is 1. The van der Waals surface area contributed by atoms with Gasteiger partial charge in [0.25, 0.3) is 5.91 Å². The van der Waals surface area contributed by atoms with Crippen molar-refractivity contribution in [2.75, 3.05) is 0 Å². The van der Waals surface area contributed by atoms with Gasteiger partial charge in [0.1, 0.15) is 6.04 Å². The molecule has 1 rings (SSSR count). The van der Waals surface area contributed by atoms with E-state index in [0.717, 1.165) is 0 Å². The third kappa shape index (κ3) is 5.36. The van der Waals surface area contributed by atoms with Gasteiger partial charge < -0.3 is 10.4 Å². The van der Waals surface area contributed by atoms with E-state index >= 15 is 0 Å². The Hall–Kier alpha value is -2.26. The van der Waals surface area contributed by atoms with E-state index in [1.54, 1.807) is 6.92 Å². The fourth-order valence-electron chi connectivity index (χ4n) is 1.99. The molecule has 0 saturated heterocycles. The molecule has 1 aromatic rings. The summed E-state index contributed by atoms with van der Waals surface area (Å²) in [7, 11) is 0. The Balaban J connectivity index is 3.31. The third-order valence-corrected chi connectivity index (χ3v) is 3.62. The summed E-state index contributed by atoms with van der Waals surface area (Å²) in [5.41, 5.74) is -4.22. The summed E-state index contributed by atoms with van der Waals surface area (Å²) in [6.07, 6.45) is -9.87. The fourth-order valence-corrected chi connectivity index (χ4v) is 1.99. The Morgan fingerprint density at radius 1 is 1.04 bits per heavy atom. The molecule has 140 valence electrons. The number of benzene rings is 1. The summed E-state index contributed by atoms with van der Waals surface area (Å²) < 4.78 is 76.7. The lowest BCUT2D eigenvalue weighted by molar-refractivity contribution is -0.143. The van der Waals surface area contributed by atoms with Crippen LogP contribution in [0.1, 0.15) is 41.8 Å². The first-order chi connectivity index (χ1) is 11.3. The number of rotatable bonds is 5. The Kier molecular flexibility index (Phi) is 6.09. The molecule has 0 aromatic heterocycles. The van der Waals surface area contributed by atoms with Gasteiger partial charge in [-0.3, -0.25) is 4.79 Å². The minimum atomic E-state index is -5.10. The van der Waals surface area contributed by atoms with Gasteiger partial charge in [0, 0.05) is 5.56 Å². The van der Waals surface area contributed by atoms with E-state index in [9.17, 15) is 35.9 Å². The predicted molar refractivity (Wildman–Crippen MR) is 74.8 cm³/mol. The van der Waals surface area contributed by atoms with Crippen molar-refractivity contribution in [1.82, 2.24) is 5.32 Å². The normalized spacial score (nSPS) is 14.7. The minimum Gasteiger partial charge on any atom is -0.480 e. The van der Waals surface area contributed by atoms with Crippen molar-refractivity contribution >= 4 is 11.9 Å². The van der Waals surface area contributed by atoms with Gasteiger partial charge in [-0.05, 0) is 24.1 Å². The van der Waals surface area contributed by atoms with E-state index < -0.39 is 52.9 Å². The number of alkyl halides is 6. The van der Waals surface area contributed by atoms with E-state index in [4.69, 9.17) is 5.11 Å². The monoisotopic (exact) mass is 371 g/mol. The van der Waals surface area contributed by atoms with Crippen molar-refractivity contribution in [2.45, 2.75) is 38.7 Å². The maximum absolute atomic E-state index is 12.8. The molecular formula is C15H15F6NO3. The molecule has 0 fully saturated rings. The highest BCUT2D eigenvalue weighted by atomic mass is 19.4. The molecule has 1 amide bonds. The van der Waals surface area contributed by atoms with Gasteiger partial charge in [0.05, 0.1) is 11.1 Å². The van der Waals surface area contributed by atoms with Crippen molar-refractivity contribution < 1.29 is 41.0 Å². The van der Waals surface area contributed by atoms with Crippen LogP contribution < -0.4 is 5.32 Å². The van der Waals surface area contributed by atoms with Crippen LogP contribution in [-0.4, -0.2) is 23.0 Å². The average Bonchev–Trinajstić information content (AvgIpc) is 2.49. The number of hydrogen-bond acceptors (Lipinski definition) is 2. The lowest BCUT2D eigenvalue weighted by Crippen LogP contribution is -2.45. The maximum Gasteiger partial charge on any atom is 0.416 e. The molecule has 25 heavy (non-hydrogen) atoms. The Bertz CT molecular complexity index is 621. The largest absolute Gasteiger partial charge is 0.480 e. The quantitative estimate of drug-likeness (QED) is 0.771. The second kappa shape index (κ2) is 7.32. The molecule has 0 aliphatic heterocycles. The second-order valence-corrected chi connectivity index (χ2v) is 5.47. The summed E-state index contributed by atoms with van der Waals surface area (Å²) >= 11 is 0. The standard InChI is InChI=1S/C15H15F6NO3/c1-3-7(2)11(13(24)25)22-12(23)8-4-9(14(16,17)18)6-10(5-8)15(19,20)21/h4-7,11H,3H2,1-2H3,(H,22,23)(H,24,25). The molecule has 0 aliphatic rings. The topological polar surface area (TPSA) is 66.4 Å². The number of carbonyl (C=O) groups is 2. The van der Waals surface area contributed by atoms with Crippen molar-refractivity contribution in [3.8, 4) is 0 Å². The highest BCUT2D eigenvalue weighted by molar-refractivity contribution is 5.97. The van der Waals surface area contributed by atoms with Gasteiger partial charge in [-0.15, -0.1) is 0 Å². The van der Waals surface area contributed by atoms with E-state index in [-0.39, 0.29) is 18.2 Å². The van der Waals surface area contributed by atoms with Gasteiger partial charge in [0.15, 0.2) is 0 Å². The summed E-state index contributed by atoms with van der Waals surface area (Å²) in [6, 6.07) is -1.05. The maximum atomic E-state index is 12.8. The predicted octanol–water partition coefficient (Wildman–Crippen LogP) is 3.95. The van der Waals surface area contributed by atoms with Gasteiger partial charge >= 0.3 is 18.3 Å². The molecule has 2 atom stereocenters. The van der Waals surface area contributed by atoms with Crippen LogP contribution in [0.4, 0.5) is 26.3 Å². The minimum absolute atomic E-state index is 0.111. The highest BCUT2D eigenvalue weighted by Gasteiger charge is 2.38. The number of nitrogens with one attached hydrogen (secondary N) is 1. The smallest absolute Gasteiger partial charge is 0.416 e. The first-order valence-corrected chi connectivity index (χ1v) is 7.10. The fraction of sp³-hybridized carbons (Fsp3) is 0.467. The number of hydrogen-bond donors (Lipinski definition) is 2. The number of carboxylic acid groups (broad SMARTS) is 1. The number of halogens is 6. The van der Waals surface area contributed by atoms with Crippen LogP contribution in [0.25, 0.3) is 0 Å². The average molecular weight is 371 g/mol. The molecule has 0 spiro atoms. The van der Waals surface area contributed by atoms with Crippen molar-refractivity contribution in [3.05, 3.63) is 34.9 Å². The second-order valence-electron chi connectivity index (χ2n) is 5.47. The lowest BCUT2D eigenvalue weighted by Gasteiger charge is -2.21. The molecule has 2 unspecified atom stereocenters. The molecule has 10 heteroatoms. The van der Waals surface area contributed by atoms with Crippen LogP contribution in [0.2, 0.25) is 0 Å². The molecular weight excluding hydrogens is 356 g/mol. The van der Waals surface area contributed by atoms with Crippen LogP contribution >= 0.6 is 0 Å². The van der Waals surface area contributed by atoms with Crippen LogP contribution in [0.15, 0.2) is 18.2 Å². The summed E-state index contributed by atoms with van der Waals surface area (Å²) in [4.78, 5) is 23.2. The first-order valence-electron chi connectivity index (χ1n) is 7.10. The zero-order valence-electron chi connectivity index (χ0n) is 13.1. The van der Waals surface area contributed by atoms with Gasteiger partial charge in [-0.25, -0.2) is 4.79 Å². The van der Waals surface area contributed by atoms with Crippen LogP contribution in [0.3, 0.4) is 0 Å². The molecule has 2 N–H and O–H groups in total. The van der Waals surface area contributed by atoms with Crippen LogP contribution in [0, 0.1) is 5.92 Å². The Morgan fingerprint density at radius 3 is 1.80 bits per heavy atom. The van der Waals surface area contributed by atoms with Crippen molar-refractivity contribution in [1.29, 1.82) is 0 Å². The van der Waals surface area contributed by atoms with E-state index in [2.05, 4.69) is 0 Å². The zero-order chi connectivity index (χ0) is 19.6.